The maximum Gasteiger partial charge on any atom is 0.246 e. The molecule has 0 amide bonds. The molecule has 1 aliphatic carbocycles. The Balaban J connectivity index is 2.35. The minimum Gasteiger partial charge on any atom is -0.329 e. The predicted molar refractivity (Wildman–Crippen MR) is 77.6 cm³/mol. The number of nitrogens with two attached hydrogens (primary N) is 1. The third kappa shape index (κ3) is 2.62. The molecule has 0 atom stereocenters. The van der Waals surface area contributed by atoms with E-state index < -0.39 is 15.6 Å². The Kier molecular flexibility index (Phi) is 4.51. The Morgan fingerprint density at radius 3 is 2.60 bits per heavy atom. The second kappa shape index (κ2) is 5.83. The van der Waals surface area contributed by atoms with Crippen molar-refractivity contribution in [3.05, 3.63) is 12.4 Å². The molecule has 1 aliphatic rings. The van der Waals surface area contributed by atoms with E-state index in [-0.39, 0.29) is 4.90 Å². The molecular formula is C13H24N4O2S. The van der Waals surface area contributed by atoms with E-state index in [1.807, 2.05) is 6.92 Å². The van der Waals surface area contributed by atoms with E-state index in [1.54, 1.807) is 4.31 Å². The first-order valence-electron chi connectivity index (χ1n) is 7.18. The quantitative estimate of drug-likeness (QED) is 0.858. The van der Waals surface area contributed by atoms with Gasteiger partial charge in [0.05, 0.1) is 6.20 Å². The van der Waals surface area contributed by atoms with Crippen LogP contribution in [0.3, 0.4) is 0 Å². The number of aromatic nitrogens is 2. The number of aromatic amines is 1. The van der Waals surface area contributed by atoms with E-state index in [2.05, 4.69) is 17.1 Å². The first-order chi connectivity index (χ1) is 9.46. The molecule has 0 saturated heterocycles. The lowest BCUT2D eigenvalue weighted by Crippen LogP contribution is -2.57. The summed E-state index contributed by atoms with van der Waals surface area (Å²) in [6, 6.07) is 0. The topological polar surface area (TPSA) is 92.1 Å². The van der Waals surface area contributed by atoms with Crippen LogP contribution >= 0.6 is 0 Å². The van der Waals surface area contributed by atoms with Crippen LogP contribution in [0.4, 0.5) is 0 Å². The molecule has 1 fully saturated rings. The third-order valence-corrected chi connectivity index (χ3v) is 6.51. The van der Waals surface area contributed by atoms with Gasteiger partial charge in [0, 0.05) is 24.8 Å². The number of H-pyrrole nitrogens is 1. The summed E-state index contributed by atoms with van der Waals surface area (Å²) in [6.45, 7) is 4.87. The lowest BCUT2D eigenvalue weighted by atomic mass is 9.77. The molecule has 1 heterocycles. The van der Waals surface area contributed by atoms with E-state index in [4.69, 9.17) is 5.73 Å². The van der Waals surface area contributed by atoms with Crippen molar-refractivity contribution in [2.24, 2.45) is 11.7 Å². The van der Waals surface area contributed by atoms with Crippen LogP contribution in [0.1, 0.15) is 39.5 Å². The van der Waals surface area contributed by atoms with Crippen molar-refractivity contribution >= 4 is 10.0 Å². The van der Waals surface area contributed by atoms with E-state index >= 15 is 0 Å². The number of nitrogens with one attached hydrogen (secondary N) is 1. The average Bonchev–Trinajstić information content (AvgIpc) is 2.96. The number of hydrogen-bond acceptors (Lipinski definition) is 4. The third-order valence-electron chi connectivity index (χ3n) is 4.46. The molecule has 0 aromatic carbocycles. The van der Waals surface area contributed by atoms with Gasteiger partial charge in [0.25, 0.3) is 0 Å². The molecule has 0 aliphatic heterocycles. The first kappa shape index (κ1) is 15.5. The van der Waals surface area contributed by atoms with Crippen LogP contribution in [0.5, 0.6) is 0 Å². The van der Waals surface area contributed by atoms with Crippen LogP contribution in [-0.4, -0.2) is 41.5 Å². The molecule has 3 N–H and O–H groups in total. The van der Waals surface area contributed by atoms with E-state index in [0.29, 0.717) is 19.0 Å². The SMILES string of the molecule is CCN(C1(CN)CCC(C)CC1)S(=O)(=O)c1cn[nH]c1. The summed E-state index contributed by atoms with van der Waals surface area (Å²) in [6.07, 6.45) is 6.48. The van der Waals surface area contributed by atoms with Crippen LogP contribution in [0.15, 0.2) is 17.3 Å². The summed E-state index contributed by atoms with van der Waals surface area (Å²) in [5.74, 6) is 0.644. The van der Waals surface area contributed by atoms with Gasteiger partial charge in [-0.05, 0) is 31.6 Å². The average molecular weight is 300 g/mol. The van der Waals surface area contributed by atoms with Gasteiger partial charge in [-0.2, -0.15) is 9.40 Å². The molecule has 0 bridgehead atoms. The molecule has 1 aromatic rings. The highest BCUT2D eigenvalue weighted by Gasteiger charge is 2.44. The van der Waals surface area contributed by atoms with E-state index in [9.17, 15) is 8.42 Å². The van der Waals surface area contributed by atoms with Gasteiger partial charge in [0.2, 0.25) is 10.0 Å². The molecule has 2 rings (SSSR count). The summed E-state index contributed by atoms with van der Waals surface area (Å²) < 4.78 is 27.1. The summed E-state index contributed by atoms with van der Waals surface area (Å²) >= 11 is 0. The normalized spacial score (nSPS) is 27.9. The zero-order valence-corrected chi connectivity index (χ0v) is 13.0. The fourth-order valence-electron chi connectivity index (χ4n) is 3.12. The highest BCUT2D eigenvalue weighted by Crippen LogP contribution is 2.38. The Bertz CT molecular complexity index is 519. The first-order valence-corrected chi connectivity index (χ1v) is 8.62. The highest BCUT2D eigenvalue weighted by molar-refractivity contribution is 7.89. The summed E-state index contributed by atoms with van der Waals surface area (Å²) in [5.41, 5.74) is 5.53. The molecule has 0 unspecified atom stereocenters. The van der Waals surface area contributed by atoms with Crippen LogP contribution < -0.4 is 5.73 Å². The fraction of sp³-hybridized carbons (Fsp3) is 0.769. The van der Waals surface area contributed by atoms with Crippen LogP contribution in [0.2, 0.25) is 0 Å². The van der Waals surface area contributed by atoms with Crippen molar-refractivity contribution in [3.63, 3.8) is 0 Å². The molecule has 20 heavy (non-hydrogen) atoms. The molecule has 0 radical (unpaired) electrons. The molecule has 114 valence electrons. The Morgan fingerprint density at radius 2 is 2.15 bits per heavy atom. The van der Waals surface area contributed by atoms with Crippen LogP contribution in [0.25, 0.3) is 0 Å². The van der Waals surface area contributed by atoms with Crippen molar-refractivity contribution in [1.82, 2.24) is 14.5 Å². The highest BCUT2D eigenvalue weighted by atomic mass is 32.2. The van der Waals surface area contributed by atoms with Crippen molar-refractivity contribution in [3.8, 4) is 0 Å². The van der Waals surface area contributed by atoms with Gasteiger partial charge in [-0.3, -0.25) is 5.10 Å². The lowest BCUT2D eigenvalue weighted by molar-refractivity contribution is 0.120. The monoisotopic (exact) mass is 300 g/mol. The van der Waals surface area contributed by atoms with Gasteiger partial charge >= 0.3 is 0 Å². The van der Waals surface area contributed by atoms with Gasteiger partial charge < -0.3 is 5.73 Å². The number of likely N-dealkylation sites (N-methyl/N-ethyl adjacent to an activating group) is 1. The second-order valence-corrected chi connectivity index (χ2v) is 7.58. The van der Waals surface area contributed by atoms with Gasteiger partial charge in [0.1, 0.15) is 4.90 Å². The summed E-state index contributed by atoms with van der Waals surface area (Å²) in [7, 11) is -3.54. The Morgan fingerprint density at radius 1 is 1.50 bits per heavy atom. The minimum atomic E-state index is -3.54. The van der Waals surface area contributed by atoms with Crippen molar-refractivity contribution in [1.29, 1.82) is 0 Å². The summed E-state index contributed by atoms with van der Waals surface area (Å²) in [4.78, 5) is 0.214. The molecule has 1 aromatic heterocycles. The summed E-state index contributed by atoms with van der Waals surface area (Å²) in [5, 5.41) is 6.32. The number of rotatable bonds is 5. The number of sulfonamides is 1. The zero-order chi connectivity index (χ0) is 14.8. The number of hydrogen-bond donors (Lipinski definition) is 2. The molecule has 6 nitrogen and oxygen atoms in total. The zero-order valence-electron chi connectivity index (χ0n) is 12.2. The van der Waals surface area contributed by atoms with Crippen molar-refractivity contribution in [2.75, 3.05) is 13.1 Å². The Labute approximate surface area is 120 Å². The smallest absolute Gasteiger partial charge is 0.246 e. The number of nitrogens with zero attached hydrogens (tertiary/aromatic N) is 2. The molecule has 1 saturated carbocycles. The molecular weight excluding hydrogens is 276 g/mol. The maximum absolute atomic E-state index is 12.8. The van der Waals surface area contributed by atoms with Gasteiger partial charge in [0.15, 0.2) is 0 Å². The predicted octanol–water partition coefficient (Wildman–Crippen LogP) is 1.33. The van der Waals surface area contributed by atoms with Crippen LogP contribution in [-0.2, 0) is 10.0 Å². The Hall–Kier alpha value is -0.920. The second-order valence-electron chi connectivity index (χ2n) is 5.71. The van der Waals surface area contributed by atoms with Crippen molar-refractivity contribution < 1.29 is 8.42 Å². The maximum atomic E-state index is 12.8. The minimum absolute atomic E-state index is 0.214. The van der Waals surface area contributed by atoms with E-state index in [1.165, 1.54) is 12.4 Å². The largest absolute Gasteiger partial charge is 0.329 e. The molecule has 7 heteroatoms. The van der Waals surface area contributed by atoms with Gasteiger partial charge in [-0.25, -0.2) is 8.42 Å². The van der Waals surface area contributed by atoms with E-state index in [0.717, 1.165) is 25.7 Å². The lowest BCUT2D eigenvalue weighted by Gasteiger charge is -2.45. The van der Waals surface area contributed by atoms with Gasteiger partial charge in [-0.1, -0.05) is 13.8 Å². The fourth-order valence-corrected chi connectivity index (χ4v) is 4.87. The standard InChI is InChI=1S/C13H24N4O2S/c1-3-17(20(18,19)12-8-15-16-9-12)13(10-14)6-4-11(2)5-7-13/h8-9,11H,3-7,10,14H2,1-2H3,(H,15,16). The van der Waals surface area contributed by atoms with Crippen molar-refractivity contribution in [2.45, 2.75) is 50.0 Å². The van der Waals surface area contributed by atoms with Crippen LogP contribution in [0, 0.1) is 5.92 Å². The van der Waals surface area contributed by atoms with Gasteiger partial charge in [-0.15, -0.1) is 0 Å². The molecule has 0 spiro atoms.